The third kappa shape index (κ3) is 3.67. The van der Waals surface area contributed by atoms with Crippen LogP contribution in [0.25, 0.3) is 5.69 Å². The summed E-state index contributed by atoms with van der Waals surface area (Å²) in [6.45, 7) is 0. The Labute approximate surface area is 139 Å². The summed E-state index contributed by atoms with van der Waals surface area (Å²) < 4.78 is 2.66. The van der Waals surface area contributed by atoms with Crippen LogP contribution in [0.5, 0.6) is 0 Å². The van der Waals surface area contributed by atoms with Crippen molar-refractivity contribution < 1.29 is 0 Å². The maximum absolute atomic E-state index is 5.35. The largest absolute Gasteiger partial charge is 0.272 e. The van der Waals surface area contributed by atoms with Gasteiger partial charge in [-0.2, -0.15) is 16.9 Å². The number of para-hydroxylation sites is 1. The minimum atomic E-state index is 0.647. The summed E-state index contributed by atoms with van der Waals surface area (Å²) >= 11 is 7.26. The van der Waals surface area contributed by atoms with Crippen LogP contribution < -0.4 is 0 Å². The molecule has 0 aliphatic heterocycles. The third-order valence-electron chi connectivity index (χ3n) is 3.34. The van der Waals surface area contributed by atoms with E-state index in [1.165, 1.54) is 5.56 Å². The minimum absolute atomic E-state index is 0.647. The summed E-state index contributed by atoms with van der Waals surface area (Å²) in [5.74, 6) is 3.02. The van der Waals surface area contributed by atoms with Crippen LogP contribution in [0.2, 0.25) is 0 Å². The molecule has 0 atom stereocenters. The van der Waals surface area contributed by atoms with Gasteiger partial charge in [0.15, 0.2) is 4.77 Å². The second-order valence-electron chi connectivity index (χ2n) is 4.90. The molecule has 0 aliphatic rings. The lowest BCUT2D eigenvalue weighted by Gasteiger charge is -2.06. The second-order valence-corrected chi connectivity index (χ2v) is 6.40. The first kappa shape index (κ1) is 15.1. The first-order chi connectivity index (χ1) is 10.8. The number of aromatic nitrogens is 3. The maximum Gasteiger partial charge on any atom is 0.199 e. The molecule has 0 saturated heterocycles. The van der Waals surface area contributed by atoms with E-state index in [4.69, 9.17) is 12.2 Å². The van der Waals surface area contributed by atoms with Crippen molar-refractivity contribution in [2.24, 2.45) is 0 Å². The molecule has 1 heterocycles. The zero-order valence-corrected chi connectivity index (χ0v) is 13.7. The highest BCUT2D eigenvalue weighted by atomic mass is 32.2. The summed E-state index contributed by atoms with van der Waals surface area (Å²) in [4.78, 5) is 0. The van der Waals surface area contributed by atoms with E-state index in [-0.39, 0.29) is 0 Å². The summed E-state index contributed by atoms with van der Waals surface area (Å²) in [5.41, 5.74) is 2.42. The van der Waals surface area contributed by atoms with Crippen molar-refractivity contribution in [1.82, 2.24) is 14.8 Å². The van der Waals surface area contributed by atoms with Gasteiger partial charge in [-0.15, -0.1) is 0 Å². The highest BCUT2D eigenvalue weighted by Gasteiger charge is 2.07. The molecule has 0 aliphatic carbocycles. The van der Waals surface area contributed by atoms with Gasteiger partial charge in [0.2, 0.25) is 0 Å². The number of nitrogens with one attached hydrogen (secondary N) is 1. The average Bonchev–Trinajstić information content (AvgIpc) is 2.94. The lowest BCUT2D eigenvalue weighted by atomic mass is 10.2. The van der Waals surface area contributed by atoms with Crippen LogP contribution in [0.3, 0.4) is 0 Å². The van der Waals surface area contributed by atoms with E-state index in [1.54, 1.807) is 0 Å². The van der Waals surface area contributed by atoms with Crippen molar-refractivity contribution in [2.45, 2.75) is 12.2 Å². The van der Waals surface area contributed by atoms with Crippen LogP contribution in [-0.2, 0) is 12.2 Å². The standard InChI is InChI=1S/C17H17N3S2/c21-17-19-18-16(20(17)15-9-5-2-6-10-15)11-12-22-13-14-7-3-1-4-8-14/h1-10H,11-13H2,(H,19,21). The van der Waals surface area contributed by atoms with Gasteiger partial charge in [-0.25, -0.2) is 0 Å². The normalized spacial score (nSPS) is 10.7. The predicted molar refractivity (Wildman–Crippen MR) is 95.1 cm³/mol. The molecule has 112 valence electrons. The van der Waals surface area contributed by atoms with E-state index in [9.17, 15) is 0 Å². The Morgan fingerprint density at radius 3 is 2.41 bits per heavy atom. The number of aryl methyl sites for hydroxylation is 1. The fourth-order valence-corrected chi connectivity index (χ4v) is 3.42. The van der Waals surface area contributed by atoms with Crippen LogP contribution in [0, 0.1) is 4.77 Å². The molecule has 0 unspecified atom stereocenters. The van der Waals surface area contributed by atoms with Crippen molar-refractivity contribution in [2.75, 3.05) is 5.75 Å². The first-order valence-electron chi connectivity index (χ1n) is 7.18. The van der Waals surface area contributed by atoms with Crippen molar-refractivity contribution in [3.8, 4) is 5.69 Å². The Morgan fingerprint density at radius 2 is 1.68 bits per heavy atom. The van der Waals surface area contributed by atoms with Gasteiger partial charge in [0, 0.05) is 23.6 Å². The molecule has 0 radical (unpaired) electrons. The lowest BCUT2D eigenvalue weighted by molar-refractivity contribution is 0.886. The Bertz CT molecular complexity index is 763. The van der Waals surface area contributed by atoms with E-state index in [0.717, 1.165) is 29.4 Å². The molecule has 1 aromatic heterocycles. The number of hydrogen-bond donors (Lipinski definition) is 1. The van der Waals surface area contributed by atoms with Crippen molar-refractivity contribution in [3.05, 3.63) is 76.8 Å². The fraction of sp³-hybridized carbons (Fsp3) is 0.176. The molecule has 1 N–H and O–H groups in total. The molecule has 0 bridgehead atoms. The second kappa shape index (κ2) is 7.42. The summed E-state index contributed by atoms with van der Waals surface area (Å²) in [6, 6.07) is 20.6. The van der Waals surface area contributed by atoms with Gasteiger partial charge in [-0.3, -0.25) is 9.67 Å². The topological polar surface area (TPSA) is 33.6 Å². The van der Waals surface area contributed by atoms with E-state index in [0.29, 0.717) is 4.77 Å². The SMILES string of the molecule is S=c1[nH]nc(CCSCc2ccccc2)n1-c1ccccc1. The number of aromatic amines is 1. The first-order valence-corrected chi connectivity index (χ1v) is 8.74. The van der Waals surface area contributed by atoms with Crippen LogP contribution in [0.15, 0.2) is 60.7 Å². The number of thioether (sulfide) groups is 1. The Hall–Kier alpha value is -1.85. The number of H-pyrrole nitrogens is 1. The van der Waals surface area contributed by atoms with Gasteiger partial charge >= 0.3 is 0 Å². The van der Waals surface area contributed by atoms with Crippen molar-refractivity contribution in [3.63, 3.8) is 0 Å². The molecule has 5 heteroatoms. The van der Waals surface area contributed by atoms with E-state index >= 15 is 0 Å². The van der Waals surface area contributed by atoms with Crippen LogP contribution in [0.4, 0.5) is 0 Å². The molecule has 2 aromatic carbocycles. The molecule has 3 rings (SSSR count). The summed E-state index contributed by atoms with van der Waals surface area (Å²) in [5, 5.41) is 7.27. The Morgan fingerprint density at radius 1 is 1.00 bits per heavy atom. The molecule has 3 aromatic rings. The number of rotatable bonds is 6. The molecular weight excluding hydrogens is 310 g/mol. The predicted octanol–water partition coefficient (Wildman–Crippen LogP) is 4.41. The molecular formula is C17H17N3S2. The monoisotopic (exact) mass is 327 g/mol. The van der Waals surface area contributed by atoms with Crippen LogP contribution in [0.1, 0.15) is 11.4 Å². The quantitative estimate of drug-likeness (QED) is 0.538. The number of hydrogen-bond acceptors (Lipinski definition) is 3. The average molecular weight is 327 g/mol. The highest BCUT2D eigenvalue weighted by Crippen LogP contribution is 2.15. The molecule has 0 amide bonds. The van der Waals surface area contributed by atoms with Crippen LogP contribution in [-0.4, -0.2) is 20.5 Å². The van der Waals surface area contributed by atoms with E-state index < -0.39 is 0 Å². The van der Waals surface area contributed by atoms with Crippen molar-refractivity contribution >= 4 is 24.0 Å². The molecule has 22 heavy (non-hydrogen) atoms. The van der Waals surface area contributed by atoms with Gasteiger partial charge in [0.25, 0.3) is 0 Å². The minimum Gasteiger partial charge on any atom is -0.272 e. The fourth-order valence-electron chi connectivity index (χ4n) is 2.27. The molecule has 0 saturated carbocycles. The third-order valence-corrected chi connectivity index (χ3v) is 4.64. The number of nitrogens with zero attached hydrogens (tertiary/aromatic N) is 2. The zero-order valence-electron chi connectivity index (χ0n) is 12.1. The number of benzene rings is 2. The van der Waals surface area contributed by atoms with Gasteiger partial charge in [0.05, 0.1) is 0 Å². The zero-order chi connectivity index (χ0) is 15.2. The van der Waals surface area contributed by atoms with Gasteiger partial charge in [0.1, 0.15) is 5.82 Å². The highest BCUT2D eigenvalue weighted by molar-refractivity contribution is 7.98. The Balaban J connectivity index is 1.63. The summed E-state index contributed by atoms with van der Waals surface area (Å²) in [7, 11) is 0. The smallest absolute Gasteiger partial charge is 0.199 e. The maximum atomic E-state index is 5.35. The van der Waals surface area contributed by atoms with E-state index in [2.05, 4.69) is 34.5 Å². The lowest BCUT2D eigenvalue weighted by Crippen LogP contribution is -2.03. The molecule has 0 spiro atoms. The van der Waals surface area contributed by atoms with Gasteiger partial charge in [-0.1, -0.05) is 48.5 Å². The molecule has 3 nitrogen and oxygen atoms in total. The Kier molecular flexibility index (Phi) is 5.08. The summed E-state index contributed by atoms with van der Waals surface area (Å²) in [6.07, 6.45) is 0.888. The van der Waals surface area contributed by atoms with Crippen molar-refractivity contribution in [1.29, 1.82) is 0 Å². The van der Waals surface area contributed by atoms with Crippen LogP contribution >= 0.6 is 24.0 Å². The molecule has 0 fully saturated rings. The van der Waals surface area contributed by atoms with Gasteiger partial charge in [-0.05, 0) is 29.9 Å². The van der Waals surface area contributed by atoms with Gasteiger partial charge < -0.3 is 0 Å². The van der Waals surface area contributed by atoms with E-state index in [1.807, 2.05) is 52.7 Å².